The van der Waals surface area contributed by atoms with Gasteiger partial charge in [-0.05, 0) is 79.1 Å². The van der Waals surface area contributed by atoms with E-state index in [-0.39, 0.29) is 24.4 Å². The van der Waals surface area contributed by atoms with Crippen molar-refractivity contribution in [2.45, 2.75) is 84.0 Å². The number of hydrogen-bond acceptors (Lipinski definition) is 6. The van der Waals surface area contributed by atoms with Crippen molar-refractivity contribution in [2.75, 3.05) is 18.1 Å². The normalized spacial score (nSPS) is 18.3. The molecule has 1 atom stereocenters. The third kappa shape index (κ3) is 9.88. The summed E-state index contributed by atoms with van der Waals surface area (Å²) in [6.45, 7) is 4.42. The molecule has 0 saturated heterocycles. The quantitative estimate of drug-likeness (QED) is 0.0945. The fourth-order valence-corrected chi connectivity index (χ4v) is 5.07. The van der Waals surface area contributed by atoms with Gasteiger partial charge < -0.3 is 20.9 Å². The number of anilines is 2. The molecule has 6 heteroatoms. The van der Waals surface area contributed by atoms with Crippen LogP contribution in [-0.4, -0.2) is 18.5 Å². The minimum absolute atomic E-state index is 0.00755. The molecule has 38 heavy (non-hydrogen) atoms. The monoisotopic (exact) mass is 520 g/mol. The molecule has 1 aliphatic carbocycles. The predicted octanol–water partition coefficient (Wildman–Crippen LogP) is 7.28. The number of rotatable bonds is 13. The zero-order valence-corrected chi connectivity index (χ0v) is 23.0. The molecule has 0 bridgehead atoms. The van der Waals surface area contributed by atoms with Gasteiger partial charge in [-0.2, -0.15) is 0 Å². The van der Waals surface area contributed by atoms with Crippen LogP contribution in [0.25, 0.3) is 6.08 Å². The lowest BCUT2D eigenvalue weighted by Gasteiger charge is -2.27. The highest BCUT2D eigenvalue weighted by Gasteiger charge is 2.27. The SMILES string of the molecule is CCCCCCCC1CCC(C(=O)Oc2ccc(/C=C/C(=O)OCC(C)c3cc(N)cc(N)c3)cc2)CC1. The molecule has 0 aromatic heterocycles. The Balaban J connectivity index is 1.37. The van der Waals surface area contributed by atoms with Crippen LogP contribution in [0.1, 0.15) is 95.1 Å². The number of nitrogen functional groups attached to an aromatic ring is 2. The molecular weight excluding hydrogens is 476 g/mol. The van der Waals surface area contributed by atoms with Gasteiger partial charge in [0.25, 0.3) is 0 Å². The summed E-state index contributed by atoms with van der Waals surface area (Å²) in [5, 5.41) is 0. The van der Waals surface area contributed by atoms with Gasteiger partial charge in [-0.3, -0.25) is 4.79 Å². The Bertz CT molecular complexity index is 1040. The molecule has 0 radical (unpaired) electrons. The van der Waals surface area contributed by atoms with Crippen LogP contribution in [0, 0.1) is 11.8 Å². The topological polar surface area (TPSA) is 105 Å². The van der Waals surface area contributed by atoms with Crippen molar-refractivity contribution in [3.63, 3.8) is 0 Å². The summed E-state index contributed by atoms with van der Waals surface area (Å²) in [7, 11) is 0. The molecule has 1 saturated carbocycles. The summed E-state index contributed by atoms with van der Waals surface area (Å²) >= 11 is 0. The van der Waals surface area contributed by atoms with E-state index in [1.165, 1.54) is 44.6 Å². The fourth-order valence-electron chi connectivity index (χ4n) is 5.07. The second kappa shape index (κ2) is 15.2. The molecule has 4 N–H and O–H groups in total. The standard InChI is InChI=1S/C32H44N2O4/c1-3-4-5-6-7-8-24-9-14-26(15-10-24)32(36)38-30-16-11-25(12-17-30)13-18-31(35)37-22-23(2)27-19-28(33)21-29(34)20-27/h11-13,16-21,23-24,26H,3-10,14-15,22,33-34H2,1-2H3/b18-13+. The van der Waals surface area contributed by atoms with Crippen LogP contribution in [-0.2, 0) is 14.3 Å². The first kappa shape index (κ1) is 29.3. The van der Waals surface area contributed by atoms with E-state index in [4.69, 9.17) is 20.9 Å². The molecule has 0 heterocycles. The van der Waals surface area contributed by atoms with Crippen molar-refractivity contribution in [1.82, 2.24) is 0 Å². The summed E-state index contributed by atoms with van der Waals surface area (Å²) in [4.78, 5) is 24.8. The lowest BCUT2D eigenvalue weighted by Crippen LogP contribution is -2.25. The maximum absolute atomic E-state index is 12.7. The molecule has 1 fully saturated rings. The van der Waals surface area contributed by atoms with E-state index < -0.39 is 5.97 Å². The average Bonchev–Trinajstić information content (AvgIpc) is 2.91. The number of nitrogens with two attached hydrogens (primary N) is 2. The van der Waals surface area contributed by atoms with Crippen LogP contribution >= 0.6 is 0 Å². The number of carbonyl (C=O) groups is 2. The molecule has 2 aromatic carbocycles. The van der Waals surface area contributed by atoms with Gasteiger partial charge >= 0.3 is 11.9 Å². The predicted molar refractivity (Wildman–Crippen MR) is 155 cm³/mol. The maximum Gasteiger partial charge on any atom is 0.330 e. The van der Waals surface area contributed by atoms with Gasteiger partial charge in [0.05, 0.1) is 12.5 Å². The molecule has 0 spiro atoms. The molecule has 3 rings (SSSR count). The second-order valence-corrected chi connectivity index (χ2v) is 10.7. The van der Waals surface area contributed by atoms with Gasteiger partial charge in [0.2, 0.25) is 0 Å². The van der Waals surface area contributed by atoms with Crippen molar-refractivity contribution in [3.8, 4) is 5.75 Å². The fraction of sp³-hybridized carbons (Fsp3) is 0.500. The van der Waals surface area contributed by atoms with Crippen molar-refractivity contribution < 1.29 is 19.1 Å². The first-order valence-corrected chi connectivity index (χ1v) is 14.2. The summed E-state index contributed by atoms with van der Waals surface area (Å²) in [5.74, 6) is 0.695. The number of benzene rings is 2. The maximum atomic E-state index is 12.7. The minimum atomic E-state index is -0.430. The molecule has 0 amide bonds. The van der Waals surface area contributed by atoms with Crippen molar-refractivity contribution in [2.24, 2.45) is 11.8 Å². The lowest BCUT2D eigenvalue weighted by molar-refractivity contribution is -0.140. The third-order valence-electron chi connectivity index (χ3n) is 7.45. The van der Waals surface area contributed by atoms with Gasteiger partial charge in [-0.15, -0.1) is 0 Å². The molecule has 1 aliphatic rings. The van der Waals surface area contributed by atoms with E-state index in [0.29, 0.717) is 17.1 Å². The summed E-state index contributed by atoms with van der Waals surface area (Å²) < 4.78 is 11.0. The highest BCUT2D eigenvalue weighted by Crippen LogP contribution is 2.33. The van der Waals surface area contributed by atoms with Crippen molar-refractivity contribution in [3.05, 3.63) is 59.7 Å². The summed E-state index contributed by atoms with van der Waals surface area (Å²) in [5.41, 5.74) is 14.6. The van der Waals surface area contributed by atoms with Crippen LogP contribution in [0.4, 0.5) is 11.4 Å². The van der Waals surface area contributed by atoms with Crippen LogP contribution in [0.15, 0.2) is 48.5 Å². The zero-order valence-electron chi connectivity index (χ0n) is 23.0. The lowest BCUT2D eigenvalue weighted by atomic mass is 9.80. The first-order valence-electron chi connectivity index (χ1n) is 14.2. The Morgan fingerprint density at radius 1 is 0.947 bits per heavy atom. The van der Waals surface area contributed by atoms with Crippen LogP contribution in [0.2, 0.25) is 0 Å². The molecule has 0 aliphatic heterocycles. The molecule has 6 nitrogen and oxygen atoms in total. The largest absolute Gasteiger partial charge is 0.462 e. The van der Waals surface area contributed by atoms with Crippen LogP contribution in [0.3, 0.4) is 0 Å². The molecule has 2 aromatic rings. The molecule has 1 unspecified atom stereocenters. The van der Waals surface area contributed by atoms with Gasteiger partial charge in [0.1, 0.15) is 5.75 Å². The highest BCUT2D eigenvalue weighted by atomic mass is 16.5. The van der Waals surface area contributed by atoms with Crippen LogP contribution < -0.4 is 16.2 Å². The van der Waals surface area contributed by atoms with Crippen molar-refractivity contribution in [1.29, 1.82) is 0 Å². The van der Waals surface area contributed by atoms with Gasteiger partial charge in [0, 0.05) is 23.4 Å². The number of hydrogen-bond donors (Lipinski definition) is 2. The summed E-state index contributed by atoms with van der Waals surface area (Å²) in [6, 6.07) is 12.5. The second-order valence-electron chi connectivity index (χ2n) is 10.7. The van der Waals surface area contributed by atoms with E-state index >= 15 is 0 Å². The Labute approximate surface area is 227 Å². The van der Waals surface area contributed by atoms with E-state index in [1.54, 1.807) is 24.3 Å². The third-order valence-corrected chi connectivity index (χ3v) is 7.45. The highest BCUT2D eigenvalue weighted by molar-refractivity contribution is 5.87. The molecule has 206 valence electrons. The number of esters is 2. The number of unbranched alkanes of at least 4 members (excludes halogenated alkanes) is 4. The summed E-state index contributed by atoms with van der Waals surface area (Å²) in [6.07, 6.45) is 15.1. The Hall–Kier alpha value is -3.28. The average molecular weight is 521 g/mol. The number of carbonyl (C=O) groups excluding carboxylic acids is 2. The first-order chi connectivity index (χ1) is 18.3. The van der Waals surface area contributed by atoms with Crippen LogP contribution in [0.5, 0.6) is 5.75 Å². The van der Waals surface area contributed by atoms with E-state index in [9.17, 15) is 9.59 Å². The van der Waals surface area contributed by atoms with Gasteiger partial charge in [-0.1, -0.05) is 64.5 Å². The minimum Gasteiger partial charge on any atom is -0.462 e. The van der Waals surface area contributed by atoms with Gasteiger partial charge in [0.15, 0.2) is 0 Å². The Morgan fingerprint density at radius 2 is 1.61 bits per heavy atom. The zero-order chi connectivity index (χ0) is 27.3. The van der Waals surface area contributed by atoms with E-state index in [0.717, 1.165) is 42.7 Å². The van der Waals surface area contributed by atoms with Crippen molar-refractivity contribution >= 4 is 29.4 Å². The Kier molecular flexibility index (Phi) is 11.7. The number of ether oxygens (including phenoxy) is 2. The Morgan fingerprint density at radius 3 is 2.26 bits per heavy atom. The molecular formula is C32H44N2O4. The van der Waals surface area contributed by atoms with E-state index in [2.05, 4.69) is 6.92 Å². The smallest absolute Gasteiger partial charge is 0.330 e. The van der Waals surface area contributed by atoms with E-state index in [1.807, 2.05) is 31.2 Å². The van der Waals surface area contributed by atoms with Gasteiger partial charge in [-0.25, -0.2) is 4.79 Å².